The number of nitriles is 1. The summed E-state index contributed by atoms with van der Waals surface area (Å²) in [6.45, 7) is 5.00. The van der Waals surface area contributed by atoms with E-state index in [9.17, 15) is 0 Å². The molecule has 0 atom stereocenters. The molecule has 20 heavy (non-hydrogen) atoms. The summed E-state index contributed by atoms with van der Waals surface area (Å²) in [7, 11) is 0. The second-order valence-electron chi connectivity index (χ2n) is 5.38. The van der Waals surface area contributed by atoms with Gasteiger partial charge in [-0.1, -0.05) is 6.07 Å². The van der Waals surface area contributed by atoms with E-state index in [1.54, 1.807) is 0 Å². The zero-order valence-electron chi connectivity index (χ0n) is 11.8. The Kier molecular flexibility index (Phi) is 3.29. The van der Waals surface area contributed by atoms with Gasteiger partial charge in [0.1, 0.15) is 0 Å². The number of aryl methyl sites for hydroxylation is 1. The van der Waals surface area contributed by atoms with E-state index < -0.39 is 0 Å². The van der Waals surface area contributed by atoms with Gasteiger partial charge in [-0.2, -0.15) is 10.4 Å². The molecule has 0 spiro atoms. The Bertz CT molecular complexity index is 674. The molecule has 0 aliphatic heterocycles. The fourth-order valence-corrected chi connectivity index (χ4v) is 2.42. The van der Waals surface area contributed by atoms with E-state index in [1.165, 1.54) is 18.4 Å². The highest BCUT2D eigenvalue weighted by atomic mass is 15.3. The second kappa shape index (κ2) is 5.10. The number of aromatic nitrogens is 2. The smallest absolute Gasteiger partial charge is 0.0992 e. The summed E-state index contributed by atoms with van der Waals surface area (Å²) in [6.07, 6.45) is 2.58. The van der Waals surface area contributed by atoms with Gasteiger partial charge in [-0.15, -0.1) is 0 Å². The van der Waals surface area contributed by atoms with Crippen LogP contribution in [0.25, 0.3) is 5.69 Å². The monoisotopic (exact) mass is 266 g/mol. The van der Waals surface area contributed by atoms with E-state index in [2.05, 4.69) is 23.4 Å². The van der Waals surface area contributed by atoms with Gasteiger partial charge in [0.25, 0.3) is 0 Å². The van der Waals surface area contributed by atoms with Crippen molar-refractivity contribution in [3.05, 3.63) is 46.8 Å². The van der Waals surface area contributed by atoms with Crippen molar-refractivity contribution in [2.24, 2.45) is 0 Å². The van der Waals surface area contributed by atoms with Crippen LogP contribution >= 0.6 is 0 Å². The highest BCUT2D eigenvalue weighted by molar-refractivity contribution is 5.43. The zero-order chi connectivity index (χ0) is 14.1. The molecule has 1 aliphatic carbocycles. The maximum absolute atomic E-state index is 9.00. The quantitative estimate of drug-likeness (QED) is 0.925. The van der Waals surface area contributed by atoms with Crippen molar-refractivity contribution in [1.29, 1.82) is 5.26 Å². The molecule has 2 aromatic rings. The van der Waals surface area contributed by atoms with Gasteiger partial charge in [0.05, 0.1) is 23.0 Å². The van der Waals surface area contributed by atoms with E-state index in [-0.39, 0.29) is 0 Å². The van der Waals surface area contributed by atoms with Crippen LogP contribution in [-0.2, 0) is 6.54 Å². The minimum Gasteiger partial charge on any atom is -0.310 e. The Morgan fingerprint density at radius 3 is 2.90 bits per heavy atom. The van der Waals surface area contributed by atoms with Crippen molar-refractivity contribution in [1.82, 2.24) is 15.1 Å². The van der Waals surface area contributed by atoms with Crippen LogP contribution in [0.3, 0.4) is 0 Å². The normalized spacial score (nSPS) is 14.2. The van der Waals surface area contributed by atoms with Gasteiger partial charge in [-0.25, -0.2) is 4.68 Å². The molecule has 0 saturated heterocycles. The second-order valence-corrected chi connectivity index (χ2v) is 5.38. The van der Waals surface area contributed by atoms with Crippen LogP contribution in [0.2, 0.25) is 0 Å². The molecule has 3 rings (SSSR count). The minimum absolute atomic E-state index is 0.660. The van der Waals surface area contributed by atoms with Gasteiger partial charge >= 0.3 is 0 Å². The molecule has 1 heterocycles. The van der Waals surface area contributed by atoms with Crippen LogP contribution in [0.4, 0.5) is 0 Å². The highest BCUT2D eigenvalue weighted by Crippen LogP contribution is 2.22. The fraction of sp³-hybridized carbons (Fsp3) is 0.375. The molecule has 0 unspecified atom stereocenters. The molecule has 1 fully saturated rings. The molecule has 0 radical (unpaired) electrons. The SMILES string of the molecule is Cc1nn(-c2cccc(C#N)c2)c(C)c1CNC1CC1. The van der Waals surface area contributed by atoms with Crippen molar-refractivity contribution in [3.8, 4) is 11.8 Å². The summed E-state index contributed by atoms with van der Waals surface area (Å²) in [6, 6.07) is 10.4. The van der Waals surface area contributed by atoms with Gasteiger partial charge < -0.3 is 5.32 Å². The number of benzene rings is 1. The summed E-state index contributed by atoms with van der Waals surface area (Å²) in [5.41, 5.74) is 5.07. The van der Waals surface area contributed by atoms with Gasteiger partial charge in [0, 0.05) is 23.8 Å². The first kappa shape index (κ1) is 12.9. The number of hydrogen-bond acceptors (Lipinski definition) is 3. The molecule has 1 N–H and O–H groups in total. The Morgan fingerprint density at radius 1 is 1.40 bits per heavy atom. The Morgan fingerprint density at radius 2 is 2.20 bits per heavy atom. The number of nitrogens with one attached hydrogen (secondary N) is 1. The minimum atomic E-state index is 0.660. The van der Waals surface area contributed by atoms with Crippen molar-refractivity contribution in [3.63, 3.8) is 0 Å². The maximum atomic E-state index is 9.00. The summed E-state index contributed by atoms with van der Waals surface area (Å²) < 4.78 is 1.93. The molecule has 4 nitrogen and oxygen atoms in total. The summed E-state index contributed by atoms with van der Waals surface area (Å²) in [5.74, 6) is 0. The van der Waals surface area contributed by atoms with Gasteiger partial charge in [-0.3, -0.25) is 0 Å². The van der Waals surface area contributed by atoms with Gasteiger partial charge in [0.15, 0.2) is 0 Å². The third-order valence-corrected chi connectivity index (χ3v) is 3.81. The molecule has 102 valence electrons. The third kappa shape index (κ3) is 2.45. The predicted octanol–water partition coefficient (Wildman–Crippen LogP) is 2.61. The van der Waals surface area contributed by atoms with Crippen molar-refractivity contribution >= 4 is 0 Å². The summed E-state index contributed by atoms with van der Waals surface area (Å²) >= 11 is 0. The lowest BCUT2D eigenvalue weighted by molar-refractivity contribution is 0.682. The average Bonchev–Trinajstić information content (AvgIpc) is 3.24. The lowest BCUT2D eigenvalue weighted by Crippen LogP contribution is -2.16. The zero-order valence-corrected chi connectivity index (χ0v) is 11.8. The van der Waals surface area contributed by atoms with E-state index in [4.69, 9.17) is 5.26 Å². The predicted molar refractivity (Wildman–Crippen MR) is 77.6 cm³/mol. The highest BCUT2D eigenvalue weighted by Gasteiger charge is 2.22. The van der Waals surface area contributed by atoms with Crippen LogP contribution in [-0.4, -0.2) is 15.8 Å². The molecular weight excluding hydrogens is 248 g/mol. The topological polar surface area (TPSA) is 53.6 Å². The van der Waals surface area contributed by atoms with Gasteiger partial charge in [-0.05, 0) is 44.9 Å². The molecular formula is C16H18N4. The molecule has 0 amide bonds. The molecule has 1 aliphatic rings. The summed E-state index contributed by atoms with van der Waals surface area (Å²) in [4.78, 5) is 0. The third-order valence-electron chi connectivity index (χ3n) is 3.81. The molecule has 0 bridgehead atoms. The van der Waals surface area contributed by atoms with E-state index in [1.807, 2.05) is 35.9 Å². The van der Waals surface area contributed by atoms with Crippen LogP contribution < -0.4 is 5.32 Å². The van der Waals surface area contributed by atoms with Crippen molar-refractivity contribution in [2.75, 3.05) is 0 Å². The Hall–Kier alpha value is -2.12. The van der Waals surface area contributed by atoms with E-state index >= 15 is 0 Å². The van der Waals surface area contributed by atoms with E-state index in [0.717, 1.165) is 23.6 Å². The average molecular weight is 266 g/mol. The largest absolute Gasteiger partial charge is 0.310 e. The van der Waals surface area contributed by atoms with Crippen LogP contribution in [0, 0.1) is 25.2 Å². The lowest BCUT2D eigenvalue weighted by atomic mass is 10.2. The Labute approximate surface area is 119 Å². The molecule has 4 heteroatoms. The molecule has 1 saturated carbocycles. The summed E-state index contributed by atoms with van der Waals surface area (Å²) in [5, 5.41) is 17.2. The number of nitrogens with zero attached hydrogens (tertiary/aromatic N) is 3. The first-order valence-corrected chi connectivity index (χ1v) is 6.98. The van der Waals surface area contributed by atoms with Crippen molar-refractivity contribution < 1.29 is 0 Å². The number of rotatable bonds is 4. The first-order chi connectivity index (χ1) is 9.69. The molecule has 1 aromatic carbocycles. The standard InChI is InChI=1S/C16H18N4/c1-11-16(10-18-14-6-7-14)12(2)20(19-11)15-5-3-4-13(8-15)9-17/h3-5,8,14,18H,6-7,10H2,1-2H3. The molecule has 1 aromatic heterocycles. The van der Waals surface area contributed by atoms with Gasteiger partial charge in [0.2, 0.25) is 0 Å². The lowest BCUT2D eigenvalue weighted by Gasteiger charge is -2.06. The fourth-order valence-electron chi connectivity index (χ4n) is 2.42. The van der Waals surface area contributed by atoms with Crippen LogP contribution in [0.5, 0.6) is 0 Å². The Balaban J connectivity index is 1.92. The van der Waals surface area contributed by atoms with Crippen LogP contribution in [0.15, 0.2) is 24.3 Å². The van der Waals surface area contributed by atoms with Crippen molar-refractivity contribution in [2.45, 2.75) is 39.3 Å². The maximum Gasteiger partial charge on any atom is 0.0992 e. The van der Waals surface area contributed by atoms with Crippen LogP contribution in [0.1, 0.15) is 35.4 Å². The first-order valence-electron chi connectivity index (χ1n) is 6.98. The number of hydrogen-bond donors (Lipinski definition) is 1. The van der Waals surface area contributed by atoms with E-state index in [0.29, 0.717) is 11.6 Å².